The van der Waals surface area contributed by atoms with Gasteiger partial charge in [-0.1, -0.05) is 18.1 Å². The predicted molar refractivity (Wildman–Crippen MR) is 114 cm³/mol. The number of anilines is 1. The van der Waals surface area contributed by atoms with Gasteiger partial charge in [-0.25, -0.2) is 9.97 Å². The van der Waals surface area contributed by atoms with Crippen molar-refractivity contribution in [1.29, 1.82) is 0 Å². The highest BCUT2D eigenvalue weighted by atomic mass is 32.1. The van der Waals surface area contributed by atoms with Gasteiger partial charge in [0.2, 0.25) is 5.95 Å². The maximum absolute atomic E-state index is 5.64. The molecular weight excluding hydrogens is 384 g/mol. The van der Waals surface area contributed by atoms with Gasteiger partial charge in [0.1, 0.15) is 11.4 Å². The lowest BCUT2D eigenvalue weighted by Gasteiger charge is -2.14. The smallest absolute Gasteiger partial charge is 0.223 e. The average Bonchev–Trinajstić information content (AvgIpc) is 3.38. The van der Waals surface area contributed by atoms with Crippen LogP contribution in [-0.2, 0) is 6.42 Å². The molecule has 0 aliphatic carbocycles. The second kappa shape index (κ2) is 8.08. The van der Waals surface area contributed by atoms with E-state index in [1.807, 2.05) is 19.9 Å². The molecule has 0 aliphatic rings. The summed E-state index contributed by atoms with van der Waals surface area (Å²) in [5, 5.41) is 9.57. The lowest BCUT2D eigenvalue weighted by molar-refractivity contribution is 0.426. The van der Waals surface area contributed by atoms with E-state index in [9.17, 15) is 0 Å². The van der Waals surface area contributed by atoms with E-state index in [-0.39, 0.29) is 6.04 Å². The molecule has 0 spiro atoms. The predicted octanol–water partition coefficient (Wildman–Crippen LogP) is 5.00. The van der Waals surface area contributed by atoms with Gasteiger partial charge in [0.15, 0.2) is 5.76 Å². The Labute approximate surface area is 173 Å². The maximum atomic E-state index is 5.64. The van der Waals surface area contributed by atoms with E-state index in [0.717, 1.165) is 28.9 Å². The molecule has 1 unspecified atom stereocenters. The van der Waals surface area contributed by atoms with E-state index in [1.165, 1.54) is 4.88 Å². The lowest BCUT2D eigenvalue weighted by Crippen LogP contribution is -2.09. The third-order valence-corrected chi connectivity index (χ3v) is 5.77. The van der Waals surface area contributed by atoms with Crippen LogP contribution in [0.15, 0.2) is 40.6 Å². The number of aryl methyl sites for hydroxylation is 2. The van der Waals surface area contributed by atoms with Crippen LogP contribution in [0.5, 0.6) is 0 Å². The van der Waals surface area contributed by atoms with Crippen LogP contribution in [0.25, 0.3) is 22.7 Å². The molecule has 0 saturated carbocycles. The number of thiophene rings is 1. The van der Waals surface area contributed by atoms with Crippen LogP contribution in [0.3, 0.4) is 0 Å². The summed E-state index contributed by atoms with van der Waals surface area (Å²) in [6, 6.07) is 4.22. The van der Waals surface area contributed by atoms with Gasteiger partial charge in [0.25, 0.3) is 0 Å². The Hall–Kier alpha value is -3.13. The van der Waals surface area contributed by atoms with Crippen LogP contribution in [0, 0.1) is 13.8 Å². The maximum Gasteiger partial charge on any atom is 0.223 e. The van der Waals surface area contributed by atoms with E-state index in [4.69, 9.17) is 9.51 Å². The van der Waals surface area contributed by atoms with Gasteiger partial charge in [-0.3, -0.25) is 9.97 Å². The Morgan fingerprint density at radius 3 is 2.69 bits per heavy atom. The number of hydrogen-bond acceptors (Lipinski definition) is 8. The molecule has 29 heavy (non-hydrogen) atoms. The lowest BCUT2D eigenvalue weighted by atomic mass is 10.0. The van der Waals surface area contributed by atoms with Crippen molar-refractivity contribution in [2.75, 3.05) is 5.32 Å². The van der Waals surface area contributed by atoms with Crippen LogP contribution in [-0.4, -0.2) is 25.1 Å². The van der Waals surface area contributed by atoms with Crippen molar-refractivity contribution in [3.63, 3.8) is 0 Å². The van der Waals surface area contributed by atoms with E-state index in [2.05, 4.69) is 50.7 Å². The Kier molecular flexibility index (Phi) is 5.35. The van der Waals surface area contributed by atoms with Crippen molar-refractivity contribution < 1.29 is 4.52 Å². The van der Waals surface area contributed by atoms with Crippen LogP contribution in [0.2, 0.25) is 0 Å². The molecule has 0 aliphatic heterocycles. The van der Waals surface area contributed by atoms with Gasteiger partial charge in [0.05, 0.1) is 29.2 Å². The summed E-state index contributed by atoms with van der Waals surface area (Å²) in [7, 11) is 0. The van der Waals surface area contributed by atoms with Crippen molar-refractivity contribution in [3.05, 3.63) is 57.9 Å². The third-order valence-electron chi connectivity index (χ3n) is 4.71. The molecule has 4 aromatic heterocycles. The van der Waals surface area contributed by atoms with Crippen molar-refractivity contribution in [2.24, 2.45) is 0 Å². The Bertz CT molecular complexity index is 1100. The minimum atomic E-state index is 0.0940. The Morgan fingerprint density at radius 1 is 1.14 bits per heavy atom. The SMILES string of the molecule is CCc1c(C)noc1-c1cnc(NC(C)c2cccs2)nc1-c1cnc(C)cn1. The molecule has 0 aromatic carbocycles. The minimum absolute atomic E-state index is 0.0940. The Morgan fingerprint density at radius 2 is 2.00 bits per heavy atom. The summed E-state index contributed by atoms with van der Waals surface area (Å²) in [5.41, 5.74) is 4.85. The van der Waals surface area contributed by atoms with Gasteiger partial charge >= 0.3 is 0 Å². The van der Waals surface area contributed by atoms with Gasteiger partial charge in [0, 0.05) is 22.8 Å². The standard InChI is InChI=1S/C21H22N6OS/c1-5-15-13(3)27-28-20(15)16-10-24-21(25-14(4)18-7-6-8-29-18)26-19(16)17-11-22-12(2)9-23-17/h6-11,14H,5H2,1-4H3,(H,24,25,26). The zero-order valence-electron chi connectivity index (χ0n) is 16.8. The molecule has 0 bridgehead atoms. The number of nitrogens with zero attached hydrogens (tertiary/aromatic N) is 5. The first-order valence-electron chi connectivity index (χ1n) is 9.48. The van der Waals surface area contributed by atoms with Gasteiger partial charge in [-0.05, 0) is 38.6 Å². The number of hydrogen-bond donors (Lipinski definition) is 1. The summed E-state index contributed by atoms with van der Waals surface area (Å²) in [5.74, 6) is 1.21. The molecule has 4 aromatic rings. The monoisotopic (exact) mass is 406 g/mol. The van der Waals surface area contributed by atoms with Crippen LogP contribution < -0.4 is 5.32 Å². The minimum Gasteiger partial charge on any atom is -0.356 e. The molecule has 4 rings (SSSR count). The zero-order valence-corrected chi connectivity index (χ0v) is 17.6. The molecule has 0 radical (unpaired) electrons. The molecule has 1 atom stereocenters. The highest BCUT2D eigenvalue weighted by Crippen LogP contribution is 2.34. The fraction of sp³-hybridized carbons (Fsp3) is 0.286. The van der Waals surface area contributed by atoms with Crippen molar-refractivity contribution in [3.8, 4) is 22.7 Å². The normalized spacial score (nSPS) is 12.1. The van der Waals surface area contributed by atoms with E-state index in [1.54, 1.807) is 29.9 Å². The van der Waals surface area contributed by atoms with Crippen molar-refractivity contribution in [2.45, 2.75) is 40.2 Å². The molecule has 8 heteroatoms. The van der Waals surface area contributed by atoms with E-state index in [0.29, 0.717) is 23.1 Å². The molecule has 148 valence electrons. The molecular formula is C21H22N6OS. The fourth-order valence-electron chi connectivity index (χ4n) is 3.15. The molecule has 4 heterocycles. The fourth-order valence-corrected chi connectivity index (χ4v) is 3.88. The molecule has 1 N–H and O–H groups in total. The Balaban J connectivity index is 1.79. The van der Waals surface area contributed by atoms with E-state index >= 15 is 0 Å². The van der Waals surface area contributed by atoms with Gasteiger partial charge < -0.3 is 9.84 Å². The molecule has 0 saturated heterocycles. The quantitative estimate of drug-likeness (QED) is 0.482. The van der Waals surface area contributed by atoms with Crippen LogP contribution >= 0.6 is 11.3 Å². The zero-order chi connectivity index (χ0) is 20.4. The number of nitrogens with one attached hydrogen (secondary N) is 1. The summed E-state index contributed by atoms with van der Waals surface area (Å²) >= 11 is 1.70. The second-order valence-electron chi connectivity index (χ2n) is 6.81. The summed E-state index contributed by atoms with van der Waals surface area (Å²) in [6.45, 7) is 8.01. The number of rotatable bonds is 6. The number of aromatic nitrogens is 5. The first-order valence-corrected chi connectivity index (χ1v) is 10.4. The first-order chi connectivity index (χ1) is 14.1. The largest absolute Gasteiger partial charge is 0.356 e. The molecule has 7 nitrogen and oxygen atoms in total. The summed E-state index contributed by atoms with van der Waals surface area (Å²) in [6.07, 6.45) is 6.03. The average molecular weight is 407 g/mol. The highest BCUT2D eigenvalue weighted by molar-refractivity contribution is 7.10. The first kappa shape index (κ1) is 19.2. The summed E-state index contributed by atoms with van der Waals surface area (Å²) in [4.78, 5) is 19.4. The van der Waals surface area contributed by atoms with E-state index < -0.39 is 0 Å². The second-order valence-corrected chi connectivity index (χ2v) is 7.79. The van der Waals surface area contributed by atoms with Crippen molar-refractivity contribution >= 4 is 17.3 Å². The topological polar surface area (TPSA) is 89.6 Å². The van der Waals surface area contributed by atoms with Crippen LogP contribution in [0.1, 0.15) is 41.7 Å². The summed E-state index contributed by atoms with van der Waals surface area (Å²) < 4.78 is 5.64. The molecule has 0 fully saturated rings. The van der Waals surface area contributed by atoms with Gasteiger partial charge in [-0.2, -0.15) is 0 Å². The van der Waals surface area contributed by atoms with Crippen LogP contribution in [0.4, 0.5) is 5.95 Å². The third kappa shape index (κ3) is 3.88. The van der Waals surface area contributed by atoms with Crippen molar-refractivity contribution in [1.82, 2.24) is 25.1 Å². The molecule has 0 amide bonds. The highest BCUT2D eigenvalue weighted by Gasteiger charge is 2.21. The van der Waals surface area contributed by atoms with Gasteiger partial charge in [-0.15, -0.1) is 11.3 Å².